The molecule has 0 spiro atoms. The number of nitrogens with zero attached hydrogens (tertiary/aromatic N) is 1. The number of likely N-dealkylation sites (tertiary alicyclic amines) is 1. The van der Waals surface area contributed by atoms with Gasteiger partial charge in [0.05, 0.1) is 6.61 Å². The molecule has 2 fully saturated rings. The Labute approximate surface area is 125 Å². The molecule has 0 amide bonds. The average Bonchev–Trinajstić information content (AvgIpc) is 2.81. The predicted molar refractivity (Wildman–Crippen MR) is 85.0 cm³/mol. The number of hydrogen-bond acceptors (Lipinski definition) is 3. The molecule has 118 valence electrons. The summed E-state index contributed by atoms with van der Waals surface area (Å²) in [6, 6.07) is 1.12. The molecule has 0 bridgehead atoms. The average molecular weight is 282 g/mol. The van der Waals surface area contributed by atoms with Crippen LogP contribution in [-0.4, -0.2) is 48.3 Å². The van der Waals surface area contributed by atoms with Crippen molar-refractivity contribution < 1.29 is 5.11 Å². The molecule has 1 saturated heterocycles. The summed E-state index contributed by atoms with van der Waals surface area (Å²) in [6.45, 7) is 6.05. The van der Waals surface area contributed by atoms with E-state index < -0.39 is 0 Å². The third-order valence-electron chi connectivity index (χ3n) is 5.30. The standard InChI is InChI=1S/C17H34N2O/c1-2-18-17-11-7-3-5-9-15(17)13-19-12-8-4-6-10-16(19)14-20/h15-18,20H,2-14H2,1H3. The second-order valence-corrected chi connectivity index (χ2v) is 6.74. The SMILES string of the molecule is CCNC1CCCCCC1CN1CCCCCC1CO. The maximum atomic E-state index is 9.68. The predicted octanol–water partition coefficient (Wildman–Crippen LogP) is 2.78. The number of nitrogens with one attached hydrogen (secondary N) is 1. The van der Waals surface area contributed by atoms with Gasteiger partial charge in [-0.1, -0.05) is 39.0 Å². The Bertz CT molecular complexity index is 259. The molecule has 1 heterocycles. The highest BCUT2D eigenvalue weighted by Crippen LogP contribution is 2.26. The Morgan fingerprint density at radius 3 is 2.55 bits per heavy atom. The molecule has 20 heavy (non-hydrogen) atoms. The molecule has 0 aromatic carbocycles. The van der Waals surface area contributed by atoms with E-state index in [1.165, 1.54) is 70.9 Å². The molecule has 1 saturated carbocycles. The minimum atomic E-state index is 0.346. The lowest BCUT2D eigenvalue weighted by atomic mass is 9.93. The summed E-state index contributed by atoms with van der Waals surface area (Å²) in [5.74, 6) is 0.782. The van der Waals surface area contributed by atoms with E-state index >= 15 is 0 Å². The van der Waals surface area contributed by atoms with Crippen molar-refractivity contribution in [3.8, 4) is 0 Å². The highest BCUT2D eigenvalue weighted by molar-refractivity contribution is 4.84. The Morgan fingerprint density at radius 1 is 1.00 bits per heavy atom. The fraction of sp³-hybridized carbons (Fsp3) is 1.00. The topological polar surface area (TPSA) is 35.5 Å². The van der Waals surface area contributed by atoms with Gasteiger partial charge in [-0.3, -0.25) is 4.90 Å². The summed E-state index contributed by atoms with van der Waals surface area (Å²) in [5, 5.41) is 13.4. The summed E-state index contributed by atoms with van der Waals surface area (Å²) in [4.78, 5) is 2.60. The van der Waals surface area contributed by atoms with E-state index in [-0.39, 0.29) is 0 Å². The van der Waals surface area contributed by atoms with Crippen LogP contribution in [0.1, 0.15) is 64.7 Å². The lowest BCUT2D eigenvalue weighted by Crippen LogP contribution is -2.46. The molecule has 3 atom stereocenters. The summed E-state index contributed by atoms with van der Waals surface area (Å²) < 4.78 is 0. The number of aliphatic hydroxyl groups is 1. The summed E-state index contributed by atoms with van der Waals surface area (Å²) >= 11 is 0. The third-order valence-corrected chi connectivity index (χ3v) is 5.30. The minimum Gasteiger partial charge on any atom is -0.395 e. The smallest absolute Gasteiger partial charge is 0.0586 e. The zero-order valence-electron chi connectivity index (χ0n) is 13.3. The number of hydrogen-bond donors (Lipinski definition) is 2. The minimum absolute atomic E-state index is 0.346. The lowest BCUT2D eigenvalue weighted by Gasteiger charge is -2.35. The Hall–Kier alpha value is -0.120. The van der Waals surface area contributed by atoms with Gasteiger partial charge in [-0.05, 0) is 44.7 Å². The van der Waals surface area contributed by atoms with E-state index in [1.807, 2.05) is 0 Å². The van der Waals surface area contributed by atoms with Gasteiger partial charge in [-0.15, -0.1) is 0 Å². The van der Waals surface area contributed by atoms with Crippen molar-refractivity contribution in [2.24, 2.45) is 5.92 Å². The van der Waals surface area contributed by atoms with Crippen molar-refractivity contribution in [3.05, 3.63) is 0 Å². The Morgan fingerprint density at radius 2 is 1.75 bits per heavy atom. The first-order valence-corrected chi connectivity index (χ1v) is 8.93. The van der Waals surface area contributed by atoms with Crippen LogP contribution in [0.5, 0.6) is 0 Å². The van der Waals surface area contributed by atoms with Crippen molar-refractivity contribution in [1.29, 1.82) is 0 Å². The zero-order chi connectivity index (χ0) is 14.2. The lowest BCUT2D eigenvalue weighted by molar-refractivity contribution is 0.0979. The van der Waals surface area contributed by atoms with Gasteiger partial charge in [0.15, 0.2) is 0 Å². The van der Waals surface area contributed by atoms with Crippen LogP contribution in [0.4, 0.5) is 0 Å². The molecule has 1 aliphatic carbocycles. The van der Waals surface area contributed by atoms with E-state index in [2.05, 4.69) is 17.1 Å². The van der Waals surface area contributed by atoms with Crippen LogP contribution in [-0.2, 0) is 0 Å². The molecule has 0 radical (unpaired) electrons. The summed E-state index contributed by atoms with van der Waals surface area (Å²) in [5.41, 5.74) is 0. The van der Waals surface area contributed by atoms with Gasteiger partial charge in [0.25, 0.3) is 0 Å². The van der Waals surface area contributed by atoms with Crippen molar-refractivity contribution in [2.75, 3.05) is 26.2 Å². The van der Waals surface area contributed by atoms with Crippen LogP contribution in [0.3, 0.4) is 0 Å². The van der Waals surface area contributed by atoms with Gasteiger partial charge in [-0.2, -0.15) is 0 Å². The van der Waals surface area contributed by atoms with Gasteiger partial charge in [0.1, 0.15) is 0 Å². The first kappa shape index (κ1) is 16.3. The Balaban J connectivity index is 1.95. The van der Waals surface area contributed by atoms with Gasteiger partial charge in [-0.25, -0.2) is 0 Å². The molecular weight excluding hydrogens is 248 g/mol. The van der Waals surface area contributed by atoms with E-state index in [9.17, 15) is 5.11 Å². The van der Waals surface area contributed by atoms with E-state index in [4.69, 9.17) is 0 Å². The van der Waals surface area contributed by atoms with Crippen LogP contribution < -0.4 is 5.32 Å². The largest absolute Gasteiger partial charge is 0.395 e. The van der Waals surface area contributed by atoms with Crippen LogP contribution >= 0.6 is 0 Å². The molecular formula is C17H34N2O. The third kappa shape index (κ3) is 4.71. The maximum absolute atomic E-state index is 9.68. The van der Waals surface area contributed by atoms with Crippen molar-refractivity contribution >= 4 is 0 Å². The fourth-order valence-electron chi connectivity index (χ4n) is 4.12. The van der Waals surface area contributed by atoms with E-state index in [0.29, 0.717) is 18.7 Å². The van der Waals surface area contributed by atoms with Gasteiger partial charge in [0.2, 0.25) is 0 Å². The second kappa shape index (κ2) is 9.01. The molecule has 3 unspecified atom stereocenters. The number of rotatable bonds is 5. The monoisotopic (exact) mass is 282 g/mol. The first-order chi connectivity index (χ1) is 9.85. The fourth-order valence-corrected chi connectivity index (χ4v) is 4.12. The van der Waals surface area contributed by atoms with Crippen LogP contribution in [0, 0.1) is 5.92 Å². The molecule has 3 heteroatoms. The highest BCUT2D eigenvalue weighted by Gasteiger charge is 2.28. The number of aliphatic hydroxyl groups excluding tert-OH is 1. The van der Waals surface area contributed by atoms with Crippen LogP contribution in [0.25, 0.3) is 0 Å². The molecule has 0 aromatic heterocycles. The first-order valence-electron chi connectivity index (χ1n) is 8.93. The molecule has 2 N–H and O–H groups in total. The summed E-state index contributed by atoms with van der Waals surface area (Å²) in [6.07, 6.45) is 12.0. The van der Waals surface area contributed by atoms with Gasteiger partial charge >= 0.3 is 0 Å². The normalized spacial score (nSPS) is 33.6. The summed E-state index contributed by atoms with van der Waals surface area (Å²) in [7, 11) is 0. The van der Waals surface area contributed by atoms with Crippen molar-refractivity contribution in [3.63, 3.8) is 0 Å². The van der Waals surface area contributed by atoms with Crippen molar-refractivity contribution in [1.82, 2.24) is 10.2 Å². The maximum Gasteiger partial charge on any atom is 0.0586 e. The van der Waals surface area contributed by atoms with Gasteiger partial charge in [0, 0.05) is 18.6 Å². The molecule has 0 aromatic rings. The molecule has 1 aliphatic heterocycles. The van der Waals surface area contributed by atoms with Gasteiger partial charge < -0.3 is 10.4 Å². The van der Waals surface area contributed by atoms with E-state index in [1.54, 1.807) is 0 Å². The van der Waals surface area contributed by atoms with Crippen molar-refractivity contribution in [2.45, 2.75) is 76.8 Å². The Kier molecular flexibility index (Phi) is 7.32. The molecule has 3 nitrogen and oxygen atoms in total. The second-order valence-electron chi connectivity index (χ2n) is 6.74. The highest BCUT2D eigenvalue weighted by atomic mass is 16.3. The quantitative estimate of drug-likeness (QED) is 0.761. The van der Waals surface area contributed by atoms with Crippen LogP contribution in [0.15, 0.2) is 0 Å². The molecule has 2 rings (SSSR count). The van der Waals surface area contributed by atoms with E-state index in [0.717, 1.165) is 12.5 Å². The van der Waals surface area contributed by atoms with Crippen LogP contribution in [0.2, 0.25) is 0 Å². The molecule has 2 aliphatic rings. The zero-order valence-corrected chi connectivity index (χ0v) is 13.3.